The van der Waals surface area contributed by atoms with Gasteiger partial charge in [-0.05, 0) is 82.7 Å². The Balaban J connectivity index is 1.85. The van der Waals surface area contributed by atoms with E-state index in [4.69, 9.17) is 13.7 Å². The highest BCUT2D eigenvalue weighted by molar-refractivity contribution is 9.10. The van der Waals surface area contributed by atoms with Gasteiger partial charge >= 0.3 is 16.1 Å². The smallest absolute Gasteiger partial charge is 0.339 e. The highest BCUT2D eigenvalue weighted by Gasteiger charge is 2.36. The van der Waals surface area contributed by atoms with Crippen LogP contribution in [0.25, 0.3) is 6.08 Å². The molecule has 3 rings (SSSR count). The molecular weight excluding hydrogens is 592 g/mol. The first kappa shape index (κ1) is 28.2. The normalized spacial score (nSPS) is 14.6. The van der Waals surface area contributed by atoms with E-state index in [1.165, 1.54) is 56.5 Å². The van der Waals surface area contributed by atoms with E-state index in [1.54, 1.807) is 6.92 Å². The molecule has 3 amide bonds. The van der Waals surface area contributed by atoms with Crippen LogP contribution < -0.4 is 14.2 Å². The van der Waals surface area contributed by atoms with Gasteiger partial charge in [0.25, 0.3) is 11.1 Å². The van der Waals surface area contributed by atoms with Crippen LogP contribution in [0.4, 0.5) is 10.5 Å². The lowest BCUT2D eigenvalue weighted by molar-refractivity contribution is -0.146. The Morgan fingerprint density at radius 2 is 1.84 bits per heavy atom. The number of anilines is 1. The number of nitrogens with one attached hydrogen (secondary N) is 1. The molecule has 0 radical (unpaired) electrons. The zero-order valence-electron chi connectivity index (χ0n) is 19.8. The fourth-order valence-corrected chi connectivity index (χ4v) is 5.54. The Labute approximate surface area is 225 Å². The first-order valence-corrected chi connectivity index (χ1v) is 13.6. The van der Waals surface area contributed by atoms with Gasteiger partial charge in [-0.2, -0.15) is 8.42 Å². The third-order valence-electron chi connectivity index (χ3n) is 4.67. The van der Waals surface area contributed by atoms with Crippen molar-refractivity contribution in [3.63, 3.8) is 0 Å². The standard InChI is InChI=1S/C23H21BrN2O9S2/c1-4-34-20(28)12-26-22(29)19(36-23(26)30)11-14-9-17(24)21(18(10-14)33-3)35-37(31,32)16-7-5-15(6-8-16)25-13(2)27/h5-11H,4,12H2,1-3H3,(H,25,27)/b19-11-. The number of hydrogen-bond donors (Lipinski definition) is 1. The number of thioether (sulfide) groups is 1. The lowest BCUT2D eigenvalue weighted by Gasteiger charge is -2.14. The molecule has 1 saturated heterocycles. The van der Waals surface area contributed by atoms with E-state index < -0.39 is 33.8 Å². The number of benzene rings is 2. The molecule has 0 aromatic heterocycles. The van der Waals surface area contributed by atoms with E-state index >= 15 is 0 Å². The van der Waals surface area contributed by atoms with Crippen molar-refractivity contribution in [3.8, 4) is 11.5 Å². The van der Waals surface area contributed by atoms with Crippen LogP contribution in [-0.4, -0.2) is 56.6 Å². The summed E-state index contributed by atoms with van der Waals surface area (Å²) in [6.45, 7) is 2.56. The molecule has 11 nitrogen and oxygen atoms in total. The molecule has 1 aliphatic rings. The second-order valence-electron chi connectivity index (χ2n) is 7.35. The van der Waals surface area contributed by atoms with Crippen molar-refractivity contribution in [2.24, 2.45) is 0 Å². The molecule has 0 spiro atoms. The molecule has 1 aliphatic heterocycles. The number of rotatable bonds is 9. The SMILES string of the molecule is CCOC(=O)CN1C(=O)S/C(=C\c2cc(Br)c(OS(=O)(=O)c3ccc(NC(C)=O)cc3)c(OC)c2)C1=O. The van der Waals surface area contributed by atoms with Crippen molar-refractivity contribution in [2.45, 2.75) is 18.7 Å². The quantitative estimate of drug-likeness (QED) is 0.252. The minimum absolute atomic E-state index is 0.0322. The number of esters is 1. The molecule has 0 unspecified atom stereocenters. The molecule has 14 heteroatoms. The van der Waals surface area contributed by atoms with Crippen LogP contribution in [0, 0.1) is 0 Å². The van der Waals surface area contributed by atoms with Crippen molar-refractivity contribution in [2.75, 3.05) is 25.6 Å². The first-order chi connectivity index (χ1) is 17.4. The highest BCUT2D eigenvalue weighted by atomic mass is 79.9. The Morgan fingerprint density at radius 3 is 2.43 bits per heavy atom. The molecule has 2 aromatic rings. The van der Waals surface area contributed by atoms with Gasteiger partial charge in [-0.15, -0.1) is 0 Å². The van der Waals surface area contributed by atoms with Gasteiger partial charge in [0.2, 0.25) is 5.91 Å². The van der Waals surface area contributed by atoms with Crippen molar-refractivity contribution in [1.29, 1.82) is 0 Å². The van der Waals surface area contributed by atoms with Crippen LogP contribution in [-0.2, 0) is 29.2 Å². The maximum absolute atomic E-state index is 12.8. The van der Waals surface area contributed by atoms with Crippen LogP contribution in [0.2, 0.25) is 0 Å². The summed E-state index contributed by atoms with van der Waals surface area (Å²) in [6.07, 6.45) is 1.41. The van der Waals surface area contributed by atoms with E-state index in [2.05, 4.69) is 21.2 Å². The van der Waals surface area contributed by atoms with E-state index in [1.807, 2.05) is 0 Å². The zero-order valence-corrected chi connectivity index (χ0v) is 23.0. The number of amides is 3. The van der Waals surface area contributed by atoms with Gasteiger partial charge < -0.3 is 19.0 Å². The molecule has 1 heterocycles. The fraction of sp³-hybridized carbons (Fsp3) is 0.217. The summed E-state index contributed by atoms with van der Waals surface area (Å²) < 4.78 is 41.3. The lowest BCUT2D eigenvalue weighted by atomic mass is 10.2. The topological polar surface area (TPSA) is 145 Å². The summed E-state index contributed by atoms with van der Waals surface area (Å²) in [4.78, 5) is 48.4. The van der Waals surface area contributed by atoms with Gasteiger partial charge in [-0.25, -0.2) is 0 Å². The molecule has 0 aliphatic carbocycles. The Hall–Kier alpha value is -3.36. The van der Waals surface area contributed by atoms with E-state index in [0.29, 0.717) is 23.0 Å². The number of imide groups is 1. The van der Waals surface area contributed by atoms with Crippen molar-refractivity contribution in [3.05, 3.63) is 51.3 Å². The summed E-state index contributed by atoms with van der Waals surface area (Å²) in [7, 11) is -2.97. The van der Waals surface area contributed by atoms with Crippen LogP contribution >= 0.6 is 27.7 Å². The molecule has 1 fully saturated rings. The maximum Gasteiger partial charge on any atom is 0.339 e. The monoisotopic (exact) mass is 612 g/mol. The third-order valence-corrected chi connectivity index (χ3v) is 7.40. The van der Waals surface area contributed by atoms with E-state index in [9.17, 15) is 27.6 Å². The van der Waals surface area contributed by atoms with Crippen molar-refractivity contribution >= 4 is 72.6 Å². The van der Waals surface area contributed by atoms with E-state index in [0.717, 1.165) is 4.90 Å². The third kappa shape index (κ3) is 6.90. The van der Waals surface area contributed by atoms with Crippen LogP contribution in [0.15, 0.2) is 50.7 Å². The molecule has 0 bridgehead atoms. The number of halogens is 1. The summed E-state index contributed by atoms with van der Waals surface area (Å²) >= 11 is 3.92. The molecule has 0 saturated carbocycles. The lowest BCUT2D eigenvalue weighted by Crippen LogP contribution is -2.34. The number of ether oxygens (including phenoxy) is 2. The summed E-state index contributed by atoms with van der Waals surface area (Å²) in [6, 6.07) is 8.30. The average Bonchev–Trinajstić information content (AvgIpc) is 3.08. The van der Waals surface area contributed by atoms with Crippen LogP contribution in [0.1, 0.15) is 19.4 Å². The Kier molecular flexibility index (Phi) is 8.99. The maximum atomic E-state index is 12.8. The number of nitrogens with zero attached hydrogens (tertiary/aromatic N) is 1. The molecule has 37 heavy (non-hydrogen) atoms. The first-order valence-electron chi connectivity index (χ1n) is 10.6. The minimum Gasteiger partial charge on any atom is -0.493 e. The zero-order chi connectivity index (χ0) is 27.3. The predicted octanol–water partition coefficient (Wildman–Crippen LogP) is 3.78. The molecular formula is C23H21BrN2O9S2. The number of methoxy groups -OCH3 is 1. The average molecular weight is 613 g/mol. The Morgan fingerprint density at radius 1 is 1.16 bits per heavy atom. The second-order valence-corrected chi connectivity index (χ2v) is 10.7. The van der Waals surface area contributed by atoms with E-state index in [-0.39, 0.29) is 38.3 Å². The second kappa shape index (κ2) is 11.8. The number of hydrogen-bond acceptors (Lipinski definition) is 10. The van der Waals surface area contributed by atoms with Crippen LogP contribution in [0.3, 0.4) is 0 Å². The summed E-state index contributed by atoms with van der Waals surface area (Å²) in [5.41, 5.74) is 0.816. The largest absolute Gasteiger partial charge is 0.493 e. The van der Waals surface area contributed by atoms with Crippen molar-refractivity contribution in [1.82, 2.24) is 4.90 Å². The van der Waals surface area contributed by atoms with Gasteiger partial charge in [0.1, 0.15) is 11.4 Å². The number of carbonyl (C=O) groups is 4. The predicted molar refractivity (Wildman–Crippen MR) is 139 cm³/mol. The van der Waals surface area contributed by atoms with Gasteiger partial charge in [0.05, 0.1) is 23.1 Å². The molecule has 1 N–H and O–H groups in total. The number of carbonyl (C=O) groups excluding carboxylic acids is 4. The van der Waals surface area contributed by atoms with Gasteiger partial charge in [0, 0.05) is 12.6 Å². The minimum atomic E-state index is -4.28. The Bertz CT molecular complexity index is 1390. The van der Waals surface area contributed by atoms with Gasteiger partial charge in [-0.3, -0.25) is 24.1 Å². The molecule has 196 valence electrons. The van der Waals surface area contributed by atoms with Crippen molar-refractivity contribution < 1.29 is 41.3 Å². The fourth-order valence-electron chi connectivity index (χ4n) is 3.09. The van der Waals surface area contributed by atoms with Gasteiger partial charge in [0.15, 0.2) is 11.5 Å². The van der Waals surface area contributed by atoms with Crippen LogP contribution in [0.5, 0.6) is 11.5 Å². The molecule has 2 aromatic carbocycles. The van der Waals surface area contributed by atoms with Gasteiger partial charge in [-0.1, -0.05) is 0 Å². The summed E-state index contributed by atoms with van der Waals surface area (Å²) in [5.74, 6) is -1.78. The summed E-state index contributed by atoms with van der Waals surface area (Å²) in [5, 5.41) is 1.92. The highest BCUT2D eigenvalue weighted by Crippen LogP contribution is 2.40. The molecule has 0 atom stereocenters.